The van der Waals surface area contributed by atoms with Gasteiger partial charge in [0, 0.05) is 18.7 Å². The van der Waals surface area contributed by atoms with Gasteiger partial charge >= 0.3 is 0 Å². The largest absolute Gasteiger partial charge is 0.497 e. The lowest BCUT2D eigenvalue weighted by atomic mass is 9.84. The van der Waals surface area contributed by atoms with Gasteiger partial charge in [0.1, 0.15) is 11.5 Å². The second kappa shape index (κ2) is 7.53. The van der Waals surface area contributed by atoms with Gasteiger partial charge in [-0.2, -0.15) is 0 Å². The fraction of sp³-hybridized carbons (Fsp3) is 0.647. The first kappa shape index (κ1) is 15.2. The smallest absolute Gasteiger partial charge is 0.122 e. The average Bonchev–Trinajstić information content (AvgIpc) is 2.53. The quantitative estimate of drug-likeness (QED) is 0.858. The summed E-state index contributed by atoms with van der Waals surface area (Å²) in [5.74, 6) is 2.54. The third-order valence-corrected chi connectivity index (χ3v) is 4.40. The highest BCUT2D eigenvalue weighted by atomic mass is 16.5. The molecule has 1 atom stereocenters. The minimum absolute atomic E-state index is 0.576. The van der Waals surface area contributed by atoms with Crippen molar-refractivity contribution in [2.45, 2.75) is 51.6 Å². The van der Waals surface area contributed by atoms with E-state index in [2.05, 4.69) is 24.4 Å². The number of nitrogens with one attached hydrogen (secondary N) is 1. The van der Waals surface area contributed by atoms with Crippen molar-refractivity contribution in [2.75, 3.05) is 14.2 Å². The van der Waals surface area contributed by atoms with Gasteiger partial charge in [0.2, 0.25) is 0 Å². The normalized spacial score (nSPS) is 17.8. The maximum absolute atomic E-state index is 5.31. The first-order valence-electron chi connectivity index (χ1n) is 7.68. The van der Waals surface area contributed by atoms with Crippen LogP contribution in [0.2, 0.25) is 0 Å². The SMILES string of the molecule is COc1cc(CN[C@@H](C)C2CCCCC2)cc(OC)c1. The maximum Gasteiger partial charge on any atom is 0.122 e. The molecule has 0 spiro atoms. The highest BCUT2D eigenvalue weighted by Gasteiger charge is 2.19. The van der Waals surface area contributed by atoms with E-state index in [1.807, 2.05) is 6.07 Å². The Labute approximate surface area is 122 Å². The molecular formula is C17H27NO2. The number of rotatable bonds is 6. The van der Waals surface area contributed by atoms with E-state index in [-0.39, 0.29) is 0 Å². The van der Waals surface area contributed by atoms with Crippen LogP contribution in [0.1, 0.15) is 44.6 Å². The lowest BCUT2D eigenvalue weighted by molar-refractivity contribution is 0.280. The van der Waals surface area contributed by atoms with Crippen molar-refractivity contribution >= 4 is 0 Å². The minimum Gasteiger partial charge on any atom is -0.497 e. The Bertz CT molecular complexity index is 391. The predicted molar refractivity (Wildman–Crippen MR) is 82.4 cm³/mol. The van der Waals surface area contributed by atoms with Crippen LogP contribution in [0.5, 0.6) is 11.5 Å². The van der Waals surface area contributed by atoms with Crippen LogP contribution in [0, 0.1) is 5.92 Å². The lowest BCUT2D eigenvalue weighted by Gasteiger charge is -2.28. The third kappa shape index (κ3) is 4.14. The highest BCUT2D eigenvalue weighted by Crippen LogP contribution is 2.27. The van der Waals surface area contributed by atoms with Crippen LogP contribution in [0.15, 0.2) is 18.2 Å². The molecule has 1 fully saturated rings. The molecule has 0 aromatic heterocycles. The molecule has 1 aromatic carbocycles. The Morgan fingerprint density at radius 3 is 2.20 bits per heavy atom. The van der Waals surface area contributed by atoms with Crippen molar-refractivity contribution in [3.63, 3.8) is 0 Å². The van der Waals surface area contributed by atoms with Crippen LogP contribution in [-0.4, -0.2) is 20.3 Å². The van der Waals surface area contributed by atoms with Gasteiger partial charge in [-0.1, -0.05) is 19.3 Å². The van der Waals surface area contributed by atoms with Crippen molar-refractivity contribution in [3.05, 3.63) is 23.8 Å². The van der Waals surface area contributed by atoms with Crippen LogP contribution in [-0.2, 0) is 6.54 Å². The second-order valence-corrected chi connectivity index (χ2v) is 5.79. The first-order chi connectivity index (χ1) is 9.72. The zero-order valence-electron chi connectivity index (χ0n) is 12.9. The molecule has 3 nitrogen and oxygen atoms in total. The number of benzene rings is 1. The molecular weight excluding hydrogens is 250 g/mol. The van der Waals surface area contributed by atoms with Gasteiger partial charge in [-0.05, 0) is 43.4 Å². The van der Waals surface area contributed by atoms with Crippen LogP contribution >= 0.6 is 0 Å². The monoisotopic (exact) mass is 277 g/mol. The topological polar surface area (TPSA) is 30.5 Å². The molecule has 0 amide bonds. The van der Waals surface area contributed by atoms with Crippen LogP contribution in [0.25, 0.3) is 0 Å². The number of methoxy groups -OCH3 is 2. The summed E-state index contributed by atoms with van der Waals surface area (Å²) in [6.45, 7) is 3.18. The summed E-state index contributed by atoms with van der Waals surface area (Å²) in [7, 11) is 3.38. The molecule has 20 heavy (non-hydrogen) atoms. The molecule has 1 aliphatic carbocycles. The lowest BCUT2D eigenvalue weighted by Crippen LogP contribution is -2.34. The van der Waals surface area contributed by atoms with Crippen molar-refractivity contribution in [3.8, 4) is 11.5 Å². The summed E-state index contributed by atoms with van der Waals surface area (Å²) >= 11 is 0. The molecule has 1 N–H and O–H groups in total. The molecule has 0 unspecified atom stereocenters. The van der Waals surface area contributed by atoms with Gasteiger partial charge in [0.25, 0.3) is 0 Å². The van der Waals surface area contributed by atoms with Gasteiger partial charge in [0.05, 0.1) is 14.2 Å². The summed E-state index contributed by atoms with van der Waals surface area (Å²) in [4.78, 5) is 0. The molecule has 0 radical (unpaired) electrons. The zero-order chi connectivity index (χ0) is 14.4. The summed E-state index contributed by atoms with van der Waals surface area (Å²) in [6, 6.07) is 6.63. The van der Waals surface area contributed by atoms with Gasteiger partial charge in [0.15, 0.2) is 0 Å². The standard InChI is InChI=1S/C17H27NO2/c1-13(15-7-5-4-6-8-15)18-12-14-9-16(19-2)11-17(10-14)20-3/h9-11,13,15,18H,4-8,12H2,1-3H3/t13-/m0/s1. The molecule has 112 valence electrons. The molecule has 2 rings (SSSR count). The number of hydrogen-bond acceptors (Lipinski definition) is 3. The molecule has 1 saturated carbocycles. The number of ether oxygens (including phenoxy) is 2. The molecule has 1 aromatic rings. The van der Waals surface area contributed by atoms with Crippen LogP contribution in [0.4, 0.5) is 0 Å². The fourth-order valence-corrected chi connectivity index (χ4v) is 3.05. The van der Waals surface area contributed by atoms with E-state index < -0.39 is 0 Å². The van der Waals surface area contributed by atoms with Crippen molar-refractivity contribution < 1.29 is 9.47 Å². The Morgan fingerprint density at radius 1 is 1.05 bits per heavy atom. The Hall–Kier alpha value is -1.22. The number of hydrogen-bond donors (Lipinski definition) is 1. The summed E-state index contributed by atoms with van der Waals surface area (Å²) < 4.78 is 10.6. The summed E-state index contributed by atoms with van der Waals surface area (Å²) in [5, 5.41) is 3.66. The van der Waals surface area contributed by atoms with Crippen molar-refractivity contribution in [1.82, 2.24) is 5.32 Å². The van der Waals surface area contributed by atoms with Crippen molar-refractivity contribution in [2.24, 2.45) is 5.92 Å². The maximum atomic E-state index is 5.31. The predicted octanol–water partition coefficient (Wildman–Crippen LogP) is 3.76. The summed E-state index contributed by atoms with van der Waals surface area (Å²) in [6.07, 6.45) is 6.94. The Kier molecular flexibility index (Phi) is 5.72. The minimum atomic E-state index is 0.576. The Balaban J connectivity index is 1.92. The van der Waals surface area contributed by atoms with E-state index in [0.717, 1.165) is 24.0 Å². The van der Waals surface area contributed by atoms with Crippen LogP contribution in [0.3, 0.4) is 0 Å². The molecule has 0 aliphatic heterocycles. The zero-order valence-corrected chi connectivity index (χ0v) is 12.9. The molecule has 0 bridgehead atoms. The highest BCUT2D eigenvalue weighted by molar-refractivity contribution is 5.38. The Morgan fingerprint density at radius 2 is 1.65 bits per heavy atom. The second-order valence-electron chi connectivity index (χ2n) is 5.79. The summed E-state index contributed by atoms with van der Waals surface area (Å²) in [5.41, 5.74) is 1.21. The van der Waals surface area contributed by atoms with E-state index >= 15 is 0 Å². The van der Waals surface area contributed by atoms with E-state index in [0.29, 0.717) is 6.04 Å². The molecule has 0 saturated heterocycles. The van der Waals surface area contributed by atoms with Gasteiger partial charge in [-0.3, -0.25) is 0 Å². The third-order valence-electron chi connectivity index (χ3n) is 4.40. The molecule has 0 heterocycles. The van der Waals surface area contributed by atoms with Gasteiger partial charge in [-0.15, -0.1) is 0 Å². The molecule has 1 aliphatic rings. The van der Waals surface area contributed by atoms with Gasteiger partial charge < -0.3 is 14.8 Å². The average molecular weight is 277 g/mol. The van der Waals surface area contributed by atoms with Crippen LogP contribution < -0.4 is 14.8 Å². The van der Waals surface area contributed by atoms with Gasteiger partial charge in [-0.25, -0.2) is 0 Å². The van der Waals surface area contributed by atoms with E-state index in [1.165, 1.54) is 37.7 Å². The van der Waals surface area contributed by atoms with E-state index in [9.17, 15) is 0 Å². The van der Waals surface area contributed by atoms with E-state index in [4.69, 9.17) is 9.47 Å². The fourth-order valence-electron chi connectivity index (χ4n) is 3.05. The first-order valence-corrected chi connectivity index (χ1v) is 7.68. The van der Waals surface area contributed by atoms with E-state index in [1.54, 1.807) is 14.2 Å². The van der Waals surface area contributed by atoms with Crippen molar-refractivity contribution in [1.29, 1.82) is 0 Å². The molecule has 3 heteroatoms.